The lowest BCUT2D eigenvalue weighted by Crippen LogP contribution is -2.42. The normalized spacial score (nSPS) is 16.7. The molecule has 1 aromatic rings. The first-order chi connectivity index (χ1) is 6.86. The van der Waals surface area contributed by atoms with Crippen LogP contribution in [0.1, 0.15) is 0 Å². The number of urea groups is 1. The highest BCUT2D eigenvalue weighted by Crippen LogP contribution is 2.10. The second kappa shape index (κ2) is 4.34. The van der Waals surface area contributed by atoms with Gasteiger partial charge in [-0.2, -0.15) is 0 Å². The molecule has 7 heteroatoms. The Labute approximate surface area is 85.0 Å². The van der Waals surface area contributed by atoms with Crippen molar-refractivity contribution in [1.82, 2.24) is 14.5 Å². The highest BCUT2D eigenvalue weighted by Gasteiger charge is 2.16. The number of nitrogens with one attached hydrogen (secondary N) is 1. The lowest BCUT2D eigenvalue weighted by atomic mass is 10.4. The van der Waals surface area contributed by atoms with Gasteiger partial charge in [0.2, 0.25) is 0 Å². The van der Waals surface area contributed by atoms with E-state index in [1.165, 1.54) is 6.20 Å². The van der Waals surface area contributed by atoms with E-state index in [2.05, 4.69) is 14.9 Å². The summed E-state index contributed by atoms with van der Waals surface area (Å²) >= 11 is 1.16. The minimum absolute atomic E-state index is 0.112. The molecule has 0 spiro atoms. The van der Waals surface area contributed by atoms with Gasteiger partial charge in [-0.05, 0) is 0 Å². The van der Waals surface area contributed by atoms with Crippen molar-refractivity contribution in [3.05, 3.63) is 6.20 Å². The molecular formula is C7H10N4O2S. The summed E-state index contributed by atoms with van der Waals surface area (Å²) in [5, 5.41) is 7.02. The summed E-state index contributed by atoms with van der Waals surface area (Å²) in [6.07, 6.45) is 1.53. The van der Waals surface area contributed by atoms with Crippen molar-refractivity contribution in [2.75, 3.05) is 31.6 Å². The first-order valence-corrected chi connectivity index (χ1v) is 5.04. The van der Waals surface area contributed by atoms with Crippen molar-refractivity contribution in [3.63, 3.8) is 0 Å². The molecule has 2 amide bonds. The average Bonchev–Trinajstić information content (AvgIpc) is 2.72. The van der Waals surface area contributed by atoms with E-state index in [9.17, 15) is 4.79 Å². The van der Waals surface area contributed by atoms with Crippen LogP contribution in [0.5, 0.6) is 0 Å². The van der Waals surface area contributed by atoms with Crippen molar-refractivity contribution < 1.29 is 9.53 Å². The molecule has 0 atom stereocenters. The number of carbonyl (C=O) groups excluding carboxylic acids is 1. The minimum Gasteiger partial charge on any atom is -0.378 e. The first kappa shape index (κ1) is 9.35. The molecule has 0 radical (unpaired) electrons. The van der Waals surface area contributed by atoms with E-state index in [1.54, 1.807) is 4.90 Å². The van der Waals surface area contributed by atoms with Gasteiger partial charge in [-0.25, -0.2) is 4.79 Å². The zero-order valence-corrected chi connectivity index (χ0v) is 8.29. The molecule has 1 saturated heterocycles. The summed E-state index contributed by atoms with van der Waals surface area (Å²) in [6, 6.07) is -0.112. The van der Waals surface area contributed by atoms with Gasteiger partial charge >= 0.3 is 6.03 Å². The fraction of sp³-hybridized carbons (Fsp3) is 0.571. The Morgan fingerprint density at radius 3 is 3.00 bits per heavy atom. The Bertz CT molecular complexity index is 297. The molecule has 1 N–H and O–H groups in total. The van der Waals surface area contributed by atoms with Crippen molar-refractivity contribution in [2.24, 2.45) is 0 Å². The zero-order valence-electron chi connectivity index (χ0n) is 7.47. The quantitative estimate of drug-likeness (QED) is 0.735. The van der Waals surface area contributed by atoms with Crippen LogP contribution in [0.25, 0.3) is 0 Å². The molecule has 0 bridgehead atoms. The van der Waals surface area contributed by atoms with Crippen LogP contribution in [0, 0.1) is 0 Å². The molecule has 1 aliphatic heterocycles. The standard InChI is InChI=1S/C7H10N4O2S/c12-7(9-6-5-8-10-14-6)11-1-3-13-4-2-11/h5H,1-4H2,(H,9,12). The van der Waals surface area contributed by atoms with E-state index in [4.69, 9.17) is 4.74 Å². The zero-order chi connectivity index (χ0) is 9.80. The van der Waals surface area contributed by atoms with Crippen LogP contribution in [0.4, 0.5) is 9.80 Å². The average molecular weight is 214 g/mol. The maximum Gasteiger partial charge on any atom is 0.322 e. The molecule has 0 unspecified atom stereocenters. The minimum atomic E-state index is -0.112. The maximum atomic E-state index is 11.6. The number of hydrogen-bond donors (Lipinski definition) is 1. The number of rotatable bonds is 1. The summed E-state index contributed by atoms with van der Waals surface area (Å²) in [7, 11) is 0. The smallest absolute Gasteiger partial charge is 0.322 e. The molecular weight excluding hydrogens is 204 g/mol. The van der Waals surface area contributed by atoms with Gasteiger partial charge in [-0.15, -0.1) is 5.10 Å². The van der Waals surface area contributed by atoms with Crippen molar-refractivity contribution in [2.45, 2.75) is 0 Å². The molecule has 2 heterocycles. The Balaban J connectivity index is 1.88. The van der Waals surface area contributed by atoms with Crippen LogP contribution in [-0.4, -0.2) is 46.8 Å². The fourth-order valence-electron chi connectivity index (χ4n) is 1.17. The topological polar surface area (TPSA) is 67.4 Å². The number of anilines is 1. The Hall–Kier alpha value is -1.21. The van der Waals surface area contributed by atoms with Crippen molar-refractivity contribution in [1.29, 1.82) is 0 Å². The van der Waals surface area contributed by atoms with E-state index < -0.39 is 0 Å². The fourth-order valence-corrected chi connectivity index (χ4v) is 1.58. The van der Waals surface area contributed by atoms with Crippen molar-refractivity contribution >= 4 is 22.6 Å². The Kier molecular flexibility index (Phi) is 2.90. The van der Waals surface area contributed by atoms with Crippen LogP contribution in [0.3, 0.4) is 0 Å². The van der Waals surface area contributed by atoms with Gasteiger partial charge in [0.05, 0.1) is 19.4 Å². The summed E-state index contributed by atoms with van der Waals surface area (Å²) in [6.45, 7) is 2.48. The van der Waals surface area contributed by atoms with Gasteiger partial charge in [0, 0.05) is 24.6 Å². The maximum absolute atomic E-state index is 11.6. The third-order valence-corrected chi connectivity index (χ3v) is 2.47. The van der Waals surface area contributed by atoms with Crippen LogP contribution >= 0.6 is 11.5 Å². The number of amides is 2. The number of aromatic nitrogens is 2. The lowest BCUT2D eigenvalue weighted by Gasteiger charge is -2.26. The number of carbonyl (C=O) groups is 1. The highest BCUT2D eigenvalue weighted by molar-refractivity contribution is 7.10. The van der Waals surface area contributed by atoms with Gasteiger partial charge < -0.3 is 9.64 Å². The lowest BCUT2D eigenvalue weighted by molar-refractivity contribution is 0.0565. The van der Waals surface area contributed by atoms with E-state index >= 15 is 0 Å². The highest BCUT2D eigenvalue weighted by atomic mass is 32.1. The van der Waals surface area contributed by atoms with Gasteiger partial charge in [0.15, 0.2) is 0 Å². The molecule has 6 nitrogen and oxygen atoms in total. The second-order valence-corrected chi connectivity index (χ2v) is 3.60. The van der Waals surface area contributed by atoms with E-state index in [-0.39, 0.29) is 6.03 Å². The summed E-state index contributed by atoms with van der Waals surface area (Å²) in [5.41, 5.74) is 0. The predicted molar refractivity (Wildman–Crippen MR) is 51.3 cm³/mol. The van der Waals surface area contributed by atoms with E-state index in [0.29, 0.717) is 31.3 Å². The number of morpholine rings is 1. The molecule has 1 aliphatic rings. The van der Waals surface area contributed by atoms with Crippen molar-refractivity contribution in [3.8, 4) is 0 Å². The molecule has 14 heavy (non-hydrogen) atoms. The number of hydrogen-bond acceptors (Lipinski definition) is 5. The Morgan fingerprint density at radius 1 is 1.57 bits per heavy atom. The van der Waals surface area contributed by atoms with Crippen LogP contribution in [-0.2, 0) is 4.74 Å². The summed E-state index contributed by atoms with van der Waals surface area (Å²) in [4.78, 5) is 13.3. The van der Waals surface area contributed by atoms with Gasteiger partial charge in [-0.1, -0.05) is 4.49 Å². The first-order valence-electron chi connectivity index (χ1n) is 4.27. The van der Waals surface area contributed by atoms with Gasteiger partial charge in [0.25, 0.3) is 0 Å². The molecule has 1 aromatic heterocycles. The molecule has 1 fully saturated rings. The third-order valence-electron chi connectivity index (χ3n) is 1.89. The SMILES string of the molecule is O=C(Nc1cnns1)N1CCOCC1. The summed E-state index contributed by atoms with van der Waals surface area (Å²) < 4.78 is 8.80. The number of ether oxygens (including phenoxy) is 1. The van der Waals surface area contributed by atoms with Gasteiger partial charge in [-0.3, -0.25) is 5.32 Å². The predicted octanol–water partition coefficient (Wildman–Crippen LogP) is 0.402. The summed E-state index contributed by atoms with van der Waals surface area (Å²) in [5.74, 6) is 0. The largest absolute Gasteiger partial charge is 0.378 e. The van der Waals surface area contributed by atoms with Crippen LogP contribution < -0.4 is 5.32 Å². The second-order valence-electron chi connectivity index (χ2n) is 2.81. The molecule has 0 aromatic carbocycles. The van der Waals surface area contributed by atoms with Crippen LogP contribution in [0.2, 0.25) is 0 Å². The molecule has 76 valence electrons. The van der Waals surface area contributed by atoms with E-state index in [1.807, 2.05) is 0 Å². The van der Waals surface area contributed by atoms with E-state index in [0.717, 1.165) is 11.5 Å². The Morgan fingerprint density at radius 2 is 2.36 bits per heavy atom. The van der Waals surface area contributed by atoms with Gasteiger partial charge in [0.1, 0.15) is 5.00 Å². The molecule has 0 saturated carbocycles. The monoisotopic (exact) mass is 214 g/mol. The van der Waals surface area contributed by atoms with Crippen LogP contribution in [0.15, 0.2) is 6.20 Å². The molecule has 0 aliphatic carbocycles. The number of nitrogens with zero attached hydrogens (tertiary/aromatic N) is 3. The third kappa shape index (κ3) is 2.18. The molecule has 2 rings (SSSR count).